The third-order valence-corrected chi connectivity index (χ3v) is 4.57. The topological polar surface area (TPSA) is 104 Å². The largest absolute Gasteiger partial charge is 0.376 e. The number of nitrogens with one attached hydrogen (secondary N) is 1. The normalized spacial score (nSPS) is 16.7. The van der Waals surface area contributed by atoms with Crippen molar-refractivity contribution >= 4 is 17.1 Å². The van der Waals surface area contributed by atoms with Gasteiger partial charge in [-0.15, -0.1) is 5.10 Å². The lowest BCUT2D eigenvalue weighted by Crippen LogP contribution is -2.36. The molecule has 140 valence electrons. The Morgan fingerprint density at radius 1 is 1.33 bits per heavy atom. The number of carbonyl (C=O) groups excluding carboxylic acids is 1. The zero-order valence-corrected chi connectivity index (χ0v) is 15.0. The van der Waals surface area contributed by atoms with Crippen LogP contribution in [0.25, 0.3) is 16.9 Å². The summed E-state index contributed by atoms with van der Waals surface area (Å²) in [4.78, 5) is 29.0. The molecular weight excluding hydrogens is 348 g/mol. The maximum absolute atomic E-state index is 12.6. The first-order chi connectivity index (χ1) is 13.1. The second kappa shape index (κ2) is 7.28. The van der Waals surface area contributed by atoms with Crippen LogP contribution in [0.3, 0.4) is 0 Å². The summed E-state index contributed by atoms with van der Waals surface area (Å²) in [6, 6.07) is 7.66. The number of rotatable bonds is 5. The lowest BCUT2D eigenvalue weighted by atomic mass is 10.2. The van der Waals surface area contributed by atoms with Gasteiger partial charge in [-0.1, -0.05) is 22.9 Å². The maximum atomic E-state index is 12.6. The van der Waals surface area contributed by atoms with E-state index in [9.17, 15) is 9.59 Å². The Morgan fingerprint density at radius 3 is 2.89 bits per heavy atom. The van der Waals surface area contributed by atoms with Crippen molar-refractivity contribution < 1.29 is 9.53 Å². The minimum absolute atomic E-state index is 0.0562. The van der Waals surface area contributed by atoms with Gasteiger partial charge in [-0.3, -0.25) is 14.2 Å². The molecule has 1 saturated heterocycles. The summed E-state index contributed by atoms with van der Waals surface area (Å²) < 4.78 is 8.22. The summed E-state index contributed by atoms with van der Waals surface area (Å²) in [6.07, 6.45) is 3.36. The van der Waals surface area contributed by atoms with Crippen molar-refractivity contribution in [2.75, 3.05) is 13.2 Å². The van der Waals surface area contributed by atoms with Crippen molar-refractivity contribution in [1.29, 1.82) is 0 Å². The van der Waals surface area contributed by atoms with E-state index in [2.05, 4.69) is 20.6 Å². The van der Waals surface area contributed by atoms with Crippen LogP contribution in [0.1, 0.15) is 18.4 Å². The van der Waals surface area contributed by atoms with Gasteiger partial charge in [-0.2, -0.15) is 4.68 Å². The molecule has 1 amide bonds. The number of aromatic nitrogens is 5. The summed E-state index contributed by atoms with van der Waals surface area (Å²) in [7, 11) is 0. The number of amides is 1. The van der Waals surface area contributed by atoms with Gasteiger partial charge < -0.3 is 10.1 Å². The van der Waals surface area contributed by atoms with Crippen LogP contribution in [-0.2, 0) is 16.1 Å². The summed E-state index contributed by atoms with van der Waals surface area (Å²) >= 11 is 0. The van der Waals surface area contributed by atoms with Gasteiger partial charge in [0.05, 0.1) is 11.8 Å². The highest BCUT2D eigenvalue weighted by Crippen LogP contribution is 2.13. The predicted octanol–water partition coefficient (Wildman–Crippen LogP) is 0.581. The van der Waals surface area contributed by atoms with Crippen LogP contribution in [0, 0.1) is 6.92 Å². The molecule has 1 atom stereocenters. The van der Waals surface area contributed by atoms with Crippen LogP contribution >= 0.6 is 0 Å². The maximum Gasteiger partial charge on any atom is 0.284 e. The van der Waals surface area contributed by atoms with Crippen LogP contribution in [0.2, 0.25) is 0 Å². The third kappa shape index (κ3) is 3.59. The number of benzene rings is 1. The van der Waals surface area contributed by atoms with E-state index in [1.807, 2.05) is 31.2 Å². The highest BCUT2D eigenvalue weighted by molar-refractivity contribution is 5.76. The smallest absolute Gasteiger partial charge is 0.284 e. The van der Waals surface area contributed by atoms with Gasteiger partial charge in [0, 0.05) is 13.2 Å². The average molecular weight is 368 g/mol. The molecule has 4 rings (SSSR count). The number of nitrogens with zero attached hydrogens (tertiary/aromatic N) is 5. The summed E-state index contributed by atoms with van der Waals surface area (Å²) in [5, 5.41) is 10.8. The minimum Gasteiger partial charge on any atom is -0.376 e. The molecule has 1 aromatic carbocycles. The molecule has 3 heterocycles. The molecule has 1 fully saturated rings. The van der Waals surface area contributed by atoms with E-state index in [1.165, 1.54) is 15.6 Å². The number of ether oxygens (including phenoxy) is 1. The summed E-state index contributed by atoms with van der Waals surface area (Å²) in [6.45, 7) is 3.06. The number of hydrogen-bond acceptors (Lipinski definition) is 6. The van der Waals surface area contributed by atoms with Crippen molar-refractivity contribution in [3.63, 3.8) is 0 Å². The summed E-state index contributed by atoms with van der Waals surface area (Å²) in [5.41, 5.74) is 1.98. The lowest BCUT2D eigenvalue weighted by Gasteiger charge is -2.11. The standard InChI is InChI=1S/C18H20N6O3/c1-12-4-6-13(7-5-12)24-17-16(21-22-24)18(26)23(11-20-17)10-15(25)19-9-14-3-2-8-27-14/h4-7,11,14H,2-3,8-10H2,1H3,(H,19,25)/t14-/m0/s1. The van der Waals surface area contributed by atoms with Crippen LogP contribution in [-0.4, -0.2) is 49.7 Å². The Balaban J connectivity index is 1.53. The number of hydrogen-bond donors (Lipinski definition) is 1. The molecule has 3 aromatic rings. The zero-order valence-electron chi connectivity index (χ0n) is 15.0. The van der Waals surface area contributed by atoms with Crippen LogP contribution in [0.15, 0.2) is 35.4 Å². The minimum atomic E-state index is -0.398. The van der Waals surface area contributed by atoms with E-state index in [4.69, 9.17) is 4.74 Å². The number of fused-ring (bicyclic) bond motifs is 1. The van der Waals surface area contributed by atoms with Gasteiger partial charge in [0.1, 0.15) is 12.9 Å². The van der Waals surface area contributed by atoms with Crippen molar-refractivity contribution in [2.24, 2.45) is 0 Å². The molecule has 9 heteroatoms. The van der Waals surface area contributed by atoms with Gasteiger partial charge in [0.15, 0.2) is 11.2 Å². The molecule has 0 aliphatic carbocycles. The Kier molecular flexibility index (Phi) is 4.68. The first-order valence-electron chi connectivity index (χ1n) is 8.88. The molecule has 2 aromatic heterocycles. The Bertz CT molecular complexity index is 1020. The molecule has 1 N–H and O–H groups in total. The van der Waals surface area contributed by atoms with Crippen molar-refractivity contribution in [2.45, 2.75) is 32.4 Å². The Morgan fingerprint density at radius 2 is 2.15 bits per heavy atom. The van der Waals surface area contributed by atoms with Gasteiger partial charge >= 0.3 is 0 Å². The molecule has 9 nitrogen and oxygen atoms in total. The monoisotopic (exact) mass is 368 g/mol. The SMILES string of the molecule is Cc1ccc(-n2nnc3c(=O)n(CC(=O)NC[C@@H]4CCCO4)cnc32)cc1. The quantitative estimate of drug-likeness (QED) is 0.707. The fourth-order valence-electron chi connectivity index (χ4n) is 3.06. The predicted molar refractivity (Wildman–Crippen MR) is 97.6 cm³/mol. The second-order valence-corrected chi connectivity index (χ2v) is 6.63. The molecule has 0 bridgehead atoms. The molecule has 0 unspecified atom stereocenters. The fraction of sp³-hybridized carbons (Fsp3) is 0.389. The van der Waals surface area contributed by atoms with E-state index in [0.717, 1.165) is 30.7 Å². The molecule has 0 saturated carbocycles. The third-order valence-electron chi connectivity index (χ3n) is 4.57. The number of carbonyl (C=O) groups is 1. The van der Waals surface area contributed by atoms with Crippen LogP contribution in [0.5, 0.6) is 0 Å². The molecular formula is C18H20N6O3. The van der Waals surface area contributed by atoms with Gasteiger partial charge in [-0.25, -0.2) is 4.98 Å². The molecule has 0 radical (unpaired) electrons. The van der Waals surface area contributed by atoms with Gasteiger partial charge in [0.2, 0.25) is 5.91 Å². The van der Waals surface area contributed by atoms with Gasteiger partial charge in [-0.05, 0) is 31.9 Å². The first kappa shape index (κ1) is 17.3. The highest BCUT2D eigenvalue weighted by atomic mass is 16.5. The molecule has 1 aliphatic heterocycles. The van der Waals surface area contributed by atoms with E-state index >= 15 is 0 Å². The Labute approximate surface area is 155 Å². The fourth-order valence-corrected chi connectivity index (χ4v) is 3.06. The summed E-state index contributed by atoms with van der Waals surface area (Å²) in [5.74, 6) is -0.264. The van der Waals surface area contributed by atoms with Gasteiger partial charge in [0.25, 0.3) is 5.56 Å². The van der Waals surface area contributed by atoms with E-state index in [-0.39, 0.29) is 24.1 Å². The van der Waals surface area contributed by atoms with Crippen molar-refractivity contribution in [3.8, 4) is 5.69 Å². The van der Waals surface area contributed by atoms with E-state index in [0.29, 0.717) is 12.2 Å². The molecule has 27 heavy (non-hydrogen) atoms. The van der Waals surface area contributed by atoms with Crippen molar-refractivity contribution in [3.05, 3.63) is 46.5 Å². The van der Waals surface area contributed by atoms with Crippen LogP contribution in [0.4, 0.5) is 0 Å². The van der Waals surface area contributed by atoms with Crippen molar-refractivity contribution in [1.82, 2.24) is 29.9 Å². The lowest BCUT2D eigenvalue weighted by molar-refractivity contribution is -0.122. The van der Waals surface area contributed by atoms with E-state index < -0.39 is 5.56 Å². The van der Waals surface area contributed by atoms with E-state index in [1.54, 1.807) is 0 Å². The highest BCUT2D eigenvalue weighted by Gasteiger charge is 2.18. The van der Waals surface area contributed by atoms with Crippen LogP contribution < -0.4 is 10.9 Å². The first-order valence-corrected chi connectivity index (χ1v) is 8.88. The average Bonchev–Trinajstić information content (AvgIpc) is 3.33. The second-order valence-electron chi connectivity index (χ2n) is 6.63. The Hall–Kier alpha value is -3.07. The molecule has 1 aliphatic rings. The zero-order chi connectivity index (χ0) is 18.8. The number of aryl methyl sites for hydroxylation is 1. The molecule has 0 spiro atoms.